The van der Waals surface area contributed by atoms with Crippen LogP contribution in [0.1, 0.15) is 91.7 Å². The molecule has 3 nitrogen and oxygen atoms in total. The standard InChI is InChI=1S/C27H43NO2/c1-9-10-13-17-27(8,25(2,3)4)18-16-23-19-21-14-11-12-15-22(21)20-28(23)24(29)30-26(5,6)7/h9,11-12,14-15,23H,1,10,13,16-20H2,2-8H3. The maximum atomic E-state index is 13.1. The third-order valence-corrected chi connectivity index (χ3v) is 6.96. The van der Waals surface area contributed by atoms with E-state index in [0.717, 1.165) is 25.7 Å². The Labute approximate surface area is 184 Å². The fourth-order valence-electron chi connectivity index (χ4n) is 4.38. The molecule has 1 aliphatic rings. The first-order valence-electron chi connectivity index (χ1n) is 11.5. The van der Waals surface area contributed by atoms with Crippen LogP contribution >= 0.6 is 0 Å². The van der Waals surface area contributed by atoms with E-state index in [1.165, 1.54) is 24.0 Å². The van der Waals surface area contributed by atoms with Gasteiger partial charge in [0.25, 0.3) is 0 Å². The lowest BCUT2D eigenvalue weighted by atomic mass is 9.62. The van der Waals surface area contributed by atoms with Crippen LogP contribution in [0.2, 0.25) is 0 Å². The molecule has 30 heavy (non-hydrogen) atoms. The van der Waals surface area contributed by atoms with Crippen LogP contribution in [0.25, 0.3) is 0 Å². The molecule has 0 spiro atoms. The van der Waals surface area contributed by atoms with Gasteiger partial charge in [-0.2, -0.15) is 0 Å². The number of carbonyl (C=O) groups excluding carboxylic acids is 1. The van der Waals surface area contributed by atoms with Gasteiger partial charge in [0.2, 0.25) is 0 Å². The minimum absolute atomic E-state index is 0.177. The molecule has 0 bridgehead atoms. The van der Waals surface area contributed by atoms with Crippen molar-refractivity contribution in [3.05, 3.63) is 48.0 Å². The Bertz CT molecular complexity index is 725. The summed E-state index contributed by atoms with van der Waals surface area (Å²) in [6, 6.07) is 8.69. The molecule has 0 aromatic heterocycles. The molecule has 168 valence electrons. The second kappa shape index (κ2) is 9.58. The number of carbonyl (C=O) groups is 1. The molecule has 0 N–H and O–H groups in total. The van der Waals surface area contributed by atoms with E-state index in [4.69, 9.17) is 4.74 Å². The van der Waals surface area contributed by atoms with E-state index in [1.807, 2.05) is 31.7 Å². The van der Waals surface area contributed by atoms with Crippen molar-refractivity contribution in [2.24, 2.45) is 10.8 Å². The van der Waals surface area contributed by atoms with Crippen LogP contribution in [0.3, 0.4) is 0 Å². The van der Waals surface area contributed by atoms with Crippen molar-refractivity contribution in [3.8, 4) is 0 Å². The highest BCUT2D eigenvalue weighted by atomic mass is 16.6. The normalized spacial score (nSPS) is 19.0. The molecule has 2 unspecified atom stereocenters. The Morgan fingerprint density at radius 1 is 1.10 bits per heavy atom. The lowest BCUT2D eigenvalue weighted by Crippen LogP contribution is -2.47. The van der Waals surface area contributed by atoms with E-state index in [1.54, 1.807) is 0 Å². The van der Waals surface area contributed by atoms with Gasteiger partial charge >= 0.3 is 6.09 Å². The van der Waals surface area contributed by atoms with Gasteiger partial charge in [-0.05, 0) is 81.3 Å². The van der Waals surface area contributed by atoms with E-state index in [-0.39, 0.29) is 23.0 Å². The summed E-state index contributed by atoms with van der Waals surface area (Å²) in [7, 11) is 0. The molecule has 0 saturated carbocycles. The highest BCUT2D eigenvalue weighted by molar-refractivity contribution is 5.69. The maximum absolute atomic E-state index is 13.1. The number of unbranched alkanes of at least 4 members (excludes halogenated alkanes) is 1. The van der Waals surface area contributed by atoms with Crippen molar-refractivity contribution < 1.29 is 9.53 Å². The average Bonchev–Trinajstić information content (AvgIpc) is 2.63. The predicted octanol–water partition coefficient (Wildman–Crippen LogP) is 7.54. The predicted molar refractivity (Wildman–Crippen MR) is 127 cm³/mol. The van der Waals surface area contributed by atoms with Crippen LogP contribution in [0.4, 0.5) is 4.79 Å². The second-order valence-electron chi connectivity index (χ2n) is 11.3. The monoisotopic (exact) mass is 413 g/mol. The summed E-state index contributed by atoms with van der Waals surface area (Å²) < 4.78 is 5.78. The molecule has 1 amide bonds. The summed E-state index contributed by atoms with van der Waals surface area (Å²) in [5.41, 5.74) is 2.54. The number of amides is 1. The Morgan fingerprint density at radius 3 is 2.30 bits per heavy atom. The second-order valence-corrected chi connectivity index (χ2v) is 11.3. The summed E-state index contributed by atoms with van der Waals surface area (Å²) in [6.07, 6.45) is 8.24. The Balaban J connectivity index is 2.21. The molecule has 1 aliphatic heterocycles. The highest BCUT2D eigenvalue weighted by Gasteiger charge is 2.39. The summed E-state index contributed by atoms with van der Waals surface area (Å²) >= 11 is 0. The fraction of sp³-hybridized carbons (Fsp3) is 0.667. The first-order chi connectivity index (χ1) is 13.9. The van der Waals surface area contributed by atoms with E-state index < -0.39 is 5.60 Å². The van der Waals surface area contributed by atoms with Gasteiger partial charge in [-0.1, -0.05) is 58.0 Å². The molecule has 0 aliphatic carbocycles. The summed E-state index contributed by atoms with van der Waals surface area (Å²) in [4.78, 5) is 15.0. The van der Waals surface area contributed by atoms with Gasteiger partial charge in [-0.3, -0.25) is 0 Å². The molecule has 0 radical (unpaired) electrons. The molecule has 0 fully saturated rings. The molecule has 3 heteroatoms. The van der Waals surface area contributed by atoms with Gasteiger partial charge in [0.05, 0.1) is 0 Å². The minimum atomic E-state index is -0.483. The molecule has 0 saturated heterocycles. The van der Waals surface area contributed by atoms with Crippen LogP contribution in [0, 0.1) is 10.8 Å². The van der Waals surface area contributed by atoms with Gasteiger partial charge in [0.1, 0.15) is 5.60 Å². The quantitative estimate of drug-likeness (QED) is 0.341. The molecule has 1 aromatic carbocycles. The van der Waals surface area contributed by atoms with Crippen LogP contribution in [0.5, 0.6) is 0 Å². The van der Waals surface area contributed by atoms with Crippen LogP contribution in [-0.4, -0.2) is 22.6 Å². The van der Waals surface area contributed by atoms with E-state index in [0.29, 0.717) is 6.54 Å². The Kier molecular flexibility index (Phi) is 7.82. The van der Waals surface area contributed by atoms with Crippen LogP contribution in [0.15, 0.2) is 36.9 Å². The van der Waals surface area contributed by atoms with Crippen LogP contribution < -0.4 is 0 Å². The van der Waals surface area contributed by atoms with Crippen molar-refractivity contribution >= 4 is 6.09 Å². The zero-order chi connectivity index (χ0) is 22.6. The first kappa shape index (κ1) is 24.5. The largest absolute Gasteiger partial charge is 0.444 e. The van der Waals surface area contributed by atoms with Crippen molar-refractivity contribution in [1.82, 2.24) is 4.90 Å². The topological polar surface area (TPSA) is 29.5 Å². The van der Waals surface area contributed by atoms with Crippen molar-refractivity contribution in [3.63, 3.8) is 0 Å². The van der Waals surface area contributed by atoms with Crippen molar-refractivity contribution in [1.29, 1.82) is 0 Å². The van der Waals surface area contributed by atoms with Gasteiger partial charge in [-0.15, -0.1) is 6.58 Å². The third-order valence-electron chi connectivity index (χ3n) is 6.96. The van der Waals surface area contributed by atoms with Gasteiger partial charge in [0, 0.05) is 12.6 Å². The van der Waals surface area contributed by atoms with Gasteiger partial charge < -0.3 is 9.64 Å². The third kappa shape index (κ3) is 6.36. The highest BCUT2D eigenvalue weighted by Crippen LogP contribution is 2.47. The molecule has 1 aromatic rings. The number of hydrogen-bond donors (Lipinski definition) is 0. The molecule has 1 heterocycles. The lowest BCUT2D eigenvalue weighted by molar-refractivity contribution is 0.00595. The maximum Gasteiger partial charge on any atom is 0.410 e. The Hall–Kier alpha value is -1.77. The summed E-state index contributed by atoms with van der Waals surface area (Å²) in [6.45, 7) is 19.8. The van der Waals surface area contributed by atoms with Crippen LogP contribution in [-0.2, 0) is 17.7 Å². The van der Waals surface area contributed by atoms with E-state index in [2.05, 4.69) is 58.5 Å². The molecular weight excluding hydrogens is 370 g/mol. The smallest absolute Gasteiger partial charge is 0.410 e. The fourth-order valence-corrected chi connectivity index (χ4v) is 4.38. The molecular formula is C27H43NO2. The number of hydrogen-bond acceptors (Lipinski definition) is 2. The van der Waals surface area contributed by atoms with Crippen molar-refractivity contribution in [2.45, 2.75) is 105 Å². The number of allylic oxidation sites excluding steroid dienone is 1. The summed E-state index contributed by atoms with van der Waals surface area (Å²) in [5, 5.41) is 0. The summed E-state index contributed by atoms with van der Waals surface area (Å²) in [5.74, 6) is 0. The lowest BCUT2D eigenvalue weighted by Gasteiger charge is -2.45. The van der Waals surface area contributed by atoms with Gasteiger partial charge in [0.15, 0.2) is 0 Å². The van der Waals surface area contributed by atoms with Crippen molar-refractivity contribution in [2.75, 3.05) is 0 Å². The van der Waals surface area contributed by atoms with Gasteiger partial charge in [-0.25, -0.2) is 4.79 Å². The van der Waals surface area contributed by atoms with E-state index in [9.17, 15) is 4.79 Å². The number of rotatable bonds is 7. The number of ether oxygens (including phenoxy) is 1. The zero-order valence-electron chi connectivity index (χ0n) is 20.4. The number of nitrogens with zero attached hydrogens (tertiary/aromatic N) is 1. The number of fused-ring (bicyclic) bond motifs is 1. The minimum Gasteiger partial charge on any atom is -0.444 e. The molecule has 2 rings (SSSR count). The average molecular weight is 414 g/mol. The zero-order valence-corrected chi connectivity index (χ0v) is 20.4. The first-order valence-corrected chi connectivity index (χ1v) is 11.5. The SMILES string of the molecule is C=CCCCC(C)(CCC1Cc2ccccc2CN1C(=O)OC(C)(C)C)C(C)(C)C. The molecule has 2 atom stereocenters. The number of benzene rings is 1. The Morgan fingerprint density at radius 2 is 1.73 bits per heavy atom. The van der Waals surface area contributed by atoms with E-state index >= 15 is 0 Å².